The highest BCUT2D eigenvalue weighted by atomic mass is 35.5. The van der Waals surface area contributed by atoms with E-state index in [1.807, 2.05) is 0 Å². The normalized spacial score (nSPS) is 11.4. The van der Waals surface area contributed by atoms with Crippen molar-refractivity contribution < 1.29 is 17.9 Å². The Kier molecular flexibility index (Phi) is 4.58. The van der Waals surface area contributed by atoms with Crippen LogP contribution in [0.15, 0.2) is 23.1 Å². The van der Waals surface area contributed by atoms with E-state index < -0.39 is 9.84 Å². The second-order valence-electron chi connectivity index (χ2n) is 3.21. The minimum atomic E-state index is -3.23. The van der Waals surface area contributed by atoms with E-state index in [4.69, 9.17) is 21.1 Å². The van der Waals surface area contributed by atoms with Crippen molar-refractivity contribution in [3.8, 4) is 5.75 Å². The van der Waals surface area contributed by atoms with Crippen LogP contribution in [0, 0.1) is 0 Å². The van der Waals surface area contributed by atoms with E-state index in [9.17, 15) is 8.42 Å². The molecule has 0 spiro atoms. The van der Waals surface area contributed by atoms with E-state index in [0.29, 0.717) is 19.0 Å². The molecule has 0 radical (unpaired) electrons. The van der Waals surface area contributed by atoms with Gasteiger partial charge in [0.15, 0.2) is 9.84 Å². The third-order valence-electron chi connectivity index (χ3n) is 1.88. The van der Waals surface area contributed by atoms with Crippen LogP contribution in [0.25, 0.3) is 0 Å². The molecule has 1 rings (SSSR count). The molecule has 0 aromatic heterocycles. The summed E-state index contributed by atoms with van der Waals surface area (Å²) in [5, 5.41) is 0.277. The molecule has 16 heavy (non-hydrogen) atoms. The fourth-order valence-electron chi connectivity index (χ4n) is 1.06. The van der Waals surface area contributed by atoms with E-state index in [1.54, 1.807) is 7.11 Å². The van der Waals surface area contributed by atoms with Gasteiger partial charge in [0.1, 0.15) is 12.4 Å². The lowest BCUT2D eigenvalue weighted by Crippen LogP contribution is -2.05. The summed E-state index contributed by atoms with van der Waals surface area (Å²) in [6.45, 7) is 0.818. The maximum absolute atomic E-state index is 11.2. The van der Waals surface area contributed by atoms with Crippen LogP contribution in [0.1, 0.15) is 0 Å². The first-order chi connectivity index (χ1) is 7.45. The molecule has 0 unspecified atom stereocenters. The zero-order chi connectivity index (χ0) is 12.2. The summed E-state index contributed by atoms with van der Waals surface area (Å²) in [6, 6.07) is 4.37. The summed E-state index contributed by atoms with van der Waals surface area (Å²) in [5.41, 5.74) is 0. The summed E-state index contributed by atoms with van der Waals surface area (Å²) in [5.74, 6) is 0.450. The van der Waals surface area contributed by atoms with E-state index in [-0.39, 0.29) is 9.92 Å². The third-order valence-corrected chi connectivity index (χ3v) is 3.28. The lowest BCUT2D eigenvalue weighted by Gasteiger charge is -2.08. The topological polar surface area (TPSA) is 52.6 Å². The van der Waals surface area contributed by atoms with Crippen molar-refractivity contribution in [1.82, 2.24) is 0 Å². The minimum absolute atomic E-state index is 0.177. The third kappa shape index (κ3) is 3.66. The number of sulfone groups is 1. The highest BCUT2D eigenvalue weighted by Crippen LogP contribution is 2.27. The fraction of sp³-hybridized carbons (Fsp3) is 0.400. The van der Waals surface area contributed by atoms with Gasteiger partial charge in [0.25, 0.3) is 0 Å². The Morgan fingerprint density at radius 1 is 1.31 bits per heavy atom. The molecular weight excluding hydrogens is 252 g/mol. The van der Waals surface area contributed by atoms with Crippen LogP contribution in [0.2, 0.25) is 5.02 Å². The first kappa shape index (κ1) is 13.3. The molecule has 90 valence electrons. The molecule has 0 saturated heterocycles. The first-order valence-corrected chi connectivity index (χ1v) is 6.83. The molecule has 0 saturated carbocycles. The van der Waals surface area contributed by atoms with Gasteiger partial charge in [0, 0.05) is 13.4 Å². The van der Waals surface area contributed by atoms with Gasteiger partial charge in [0.2, 0.25) is 0 Å². The molecule has 4 nitrogen and oxygen atoms in total. The van der Waals surface area contributed by atoms with Gasteiger partial charge in [-0.05, 0) is 18.2 Å². The van der Waals surface area contributed by atoms with E-state index in [2.05, 4.69) is 0 Å². The van der Waals surface area contributed by atoms with Crippen LogP contribution in [0.4, 0.5) is 0 Å². The van der Waals surface area contributed by atoms with Crippen LogP contribution < -0.4 is 4.74 Å². The molecule has 0 N–H and O–H groups in total. The number of ether oxygens (including phenoxy) is 2. The molecule has 1 aromatic rings. The number of hydrogen-bond donors (Lipinski definition) is 0. The standard InChI is InChI=1S/C10H13ClO4S/c1-14-5-6-15-10-4-3-8(7-9(10)11)16(2,12)13/h3-4,7H,5-6H2,1-2H3. The number of hydrogen-bond acceptors (Lipinski definition) is 4. The number of rotatable bonds is 5. The highest BCUT2D eigenvalue weighted by molar-refractivity contribution is 7.90. The summed E-state index contributed by atoms with van der Waals surface area (Å²) in [7, 11) is -1.66. The van der Waals surface area contributed by atoms with Crippen LogP contribution in [0.5, 0.6) is 5.75 Å². The smallest absolute Gasteiger partial charge is 0.175 e. The van der Waals surface area contributed by atoms with E-state index in [0.717, 1.165) is 6.26 Å². The quantitative estimate of drug-likeness (QED) is 0.761. The maximum Gasteiger partial charge on any atom is 0.175 e. The van der Waals surface area contributed by atoms with Crippen molar-refractivity contribution >= 4 is 21.4 Å². The van der Waals surface area contributed by atoms with E-state index >= 15 is 0 Å². The zero-order valence-corrected chi connectivity index (χ0v) is 10.6. The van der Waals surface area contributed by atoms with E-state index in [1.165, 1.54) is 18.2 Å². The Hall–Kier alpha value is -0.780. The average molecular weight is 265 g/mol. The lowest BCUT2D eigenvalue weighted by molar-refractivity contribution is 0.146. The molecule has 0 aliphatic rings. The fourth-order valence-corrected chi connectivity index (χ4v) is 2.01. The van der Waals surface area contributed by atoms with Gasteiger partial charge in [-0.1, -0.05) is 11.6 Å². The van der Waals surface area contributed by atoms with Crippen molar-refractivity contribution in [1.29, 1.82) is 0 Å². The first-order valence-electron chi connectivity index (χ1n) is 4.56. The molecule has 0 amide bonds. The lowest BCUT2D eigenvalue weighted by atomic mass is 10.3. The summed E-state index contributed by atoms with van der Waals surface area (Å²) in [4.78, 5) is 0.177. The minimum Gasteiger partial charge on any atom is -0.490 e. The predicted octanol–water partition coefficient (Wildman–Crippen LogP) is 1.77. The van der Waals surface area contributed by atoms with Crippen LogP contribution >= 0.6 is 11.6 Å². The predicted molar refractivity (Wildman–Crippen MR) is 61.9 cm³/mol. The average Bonchev–Trinajstić information content (AvgIpc) is 2.19. The Morgan fingerprint density at radius 2 is 2.00 bits per heavy atom. The van der Waals surface area contributed by atoms with Gasteiger partial charge < -0.3 is 9.47 Å². The number of methoxy groups -OCH3 is 1. The summed E-state index contributed by atoms with van der Waals surface area (Å²) >= 11 is 5.88. The molecule has 1 aromatic carbocycles. The van der Waals surface area contributed by atoms with Gasteiger partial charge in [0.05, 0.1) is 16.5 Å². The van der Waals surface area contributed by atoms with Crippen LogP contribution in [-0.4, -0.2) is 35.0 Å². The molecule has 0 heterocycles. The van der Waals surface area contributed by atoms with Gasteiger partial charge in [-0.25, -0.2) is 8.42 Å². The Morgan fingerprint density at radius 3 is 2.50 bits per heavy atom. The molecule has 6 heteroatoms. The molecule has 0 atom stereocenters. The second kappa shape index (κ2) is 5.52. The summed E-state index contributed by atoms with van der Waals surface area (Å²) < 4.78 is 32.6. The Labute approximate surface area is 100 Å². The van der Waals surface area contributed by atoms with Crippen molar-refractivity contribution in [3.05, 3.63) is 23.2 Å². The van der Waals surface area contributed by atoms with Gasteiger partial charge in [-0.15, -0.1) is 0 Å². The van der Waals surface area contributed by atoms with Crippen LogP contribution in [0.3, 0.4) is 0 Å². The van der Waals surface area contributed by atoms with Crippen molar-refractivity contribution in [3.63, 3.8) is 0 Å². The molecule has 0 aliphatic heterocycles. The Balaban J connectivity index is 2.84. The van der Waals surface area contributed by atoms with Crippen molar-refractivity contribution in [2.45, 2.75) is 4.90 Å². The summed E-state index contributed by atoms with van der Waals surface area (Å²) in [6.07, 6.45) is 1.13. The zero-order valence-electron chi connectivity index (χ0n) is 9.07. The van der Waals surface area contributed by atoms with Crippen LogP contribution in [-0.2, 0) is 14.6 Å². The molecule has 0 aliphatic carbocycles. The van der Waals surface area contributed by atoms with Gasteiger partial charge in [-0.3, -0.25) is 0 Å². The number of benzene rings is 1. The SMILES string of the molecule is COCCOc1ccc(S(C)(=O)=O)cc1Cl. The van der Waals surface area contributed by atoms with Gasteiger partial charge >= 0.3 is 0 Å². The largest absolute Gasteiger partial charge is 0.490 e. The maximum atomic E-state index is 11.2. The van der Waals surface area contributed by atoms with Crippen molar-refractivity contribution in [2.75, 3.05) is 26.6 Å². The molecular formula is C10H13ClO4S. The van der Waals surface area contributed by atoms with Gasteiger partial charge in [-0.2, -0.15) is 0 Å². The monoisotopic (exact) mass is 264 g/mol. The highest BCUT2D eigenvalue weighted by Gasteiger charge is 2.10. The molecule has 0 fully saturated rings. The number of halogens is 1. The Bertz CT molecular complexity index is 456. The van der Waals surface area contributed by atoms with Crippen molar-refractivity contribution in [2.24, 2.45) is 0 Å². The second-order valence-corrected chi connectivity index (χ2v) is 5.63. The molecule has 0 bridgehead atoms.